The van der Waals surface area contributed by atoms with E-state index in [1.165, 1.54) is 0 Å². The maximum Gasteiger partial charge on any atom is 0.162 e. The van der Waals surface area contributed by atoms with Crippen LogP contribution in [0.15, 0.2) is 33.2 Å². The van der Waals surface area contributed by atoms with Gasteiger partial charge in [-0.1, -0.05) is 48.0 Å². The van der Waals surface area contributed by atoms with Gasteiger partial charge in [0.05, 0.1) is 10.2 Å². The van der Waals surface area contributed by atoms with Gasteiger partial charge in [0.15, 0.2) is 5.82 Å². The molecule has 21 heavy (non-hydrogen) atoms. The van der Waals surface area contributed by atoms with Crippen LogP contribution in [0.3, 0.4) is 0 Å². The number of nitrogens with one attached hydrogen (secondary N) is 1. The third-order valence-electron chi connectivity index (χ3n) is 2.98. The van der Waals surface area contributed by atoms with E-state index in [1.807, 2.05) is 24.3 Å². The Labute approximate surface area is 142 Å². The molecule has 3 nitrogen and oxygen atoms in total. The van der Waals surface area contributed by atoms with Gasteiger partial charge in [-0.05, 0) is 41.3 Å². The zero-order chi connectivity index (χ0) is 15.4. The first-order chi connectivity index (χ1) is 10.0. The van der Waals surface area contributed by atoms with Crippen LogP contribution in [0.25, 0.3) is 11.4 Å². The molecule has 112 valence electrons. The average molecular weight is 413 g/mol. The van der Waals surface area contributed by atoms with E-state index in [9.17, 15) is 0 Å². The summed E-state index contributed by atoms with van der Waals surface area (Å²) in [5.74, 6) is 2.14. The lowest BCUT2D eigenvalue weighted by molar-refractivity contribution is 0.632. The topological polar surface area (TPSA) is 37.8 Å². The maximum absolute atomic E-state index is 4.76. The lowest BCUT2D eigenvalue weighted by atomic mass is 10.1. The van der Waals surface area contributed by atoms with Crippen molar-refractivity contribution in [2.24, 2.45) is 5.92 Å². The van der Waals surface area contributed by atoms with Crippen molar-refractivity contribution in [3.05, 3.63) is 38.9 Å². The van der Waals surface area contributed by atoms with Crippen LogP contribution in [0, 0.1) is 5.92 Å². The summed E-state index contributed by atoms with van der Waals surface area (Å²) in [7, 11) is 0. The van der Waals surface area contributed by atoms with Crippen LogP contribution in [0.2, 0.25) is 0 Å². The van der Waals surface area contributed by atoms with Crippen molar-refractivity contribution in [2.45, 2.75) is 27.2 Å². The van der Waals surface area contributed by atoms with Gasteiger partial charge >= 0.3 is 0 Å². The van der Waals surface area contributed by atoms with Gasteiger partial charge < -0.3 is 5.32 Å². The molecule has 2 rings (SSSR count). The predicted octanol–water partition coefficient (Wildman–Crippen LogP) is 5.30. The number of hydrogen-bond donors (Lipinski definition) is 1. The van der Waals surface area contributed by atoms with Gasteiger partial charge in [0.25, 0.3) is 0 Å². The van der Waals surface area contributed by atoms with E-state index < -0.39 is 0 Å². The summed E-state index contributed by atoms with van der Waals surface area (Å²) >= 11 is 7.22. The molecule has 0 unspecified atom stereocenters. The fourth-order valence-corrected chi connectivity index (χ4v) is 3.00. The van der Waals surface area contributed by atoms with Gasteiger partial charge in [-0.2, -0.15) is 0 Å². The second-order valence-corrected chi connectivity index (χ2v) is 6.91. The van der Waals surface area contributed by atoms with Gasteiger partial charge in [0.2, 0.25) is 0 Å². The Morgan fingerprint density at radius 2 is 1.86 bits per heavy atom. The minimum Gasteiger partial charge on any atom is -0.369 e. The highest BCUT2D eigenvalue weighted by atomic mass is 79.9. The molecule has 1 heterocycles. The molecule has 0 radical (unpaired) electrons. The smallest absolute Gasteiger partial charge is 0.162 e. The summed E-state index contributed by atoms with van der Waals surface area (Å²) in [5.41, 5.74) is 2.05. The first-order valence-corrected chi connectivity index (χ1v) is 8.66. The normalized spacial score (nSPS) is 11.0. The third kappa shape index (κ3) is 4.04. The van der Waals surface area contributed by atoms with Crippen molar-refractivity contribution in [2.75, 3.05) is 11.9 Å². The molecular formula is C16H19Br2N3. The quantitative estimate of drug-likeness (QED) is 0.723. The van der Waals surface area contributed by atoms with E-state index in [4.69, 9.17) is 4.98 Å². The molecular weight excluding hydrogens is 394 g/mol. The molecule has 0 aliphatic heterocycles. The fourth-order valence-electron chi connectivity index (χ4n) is 2.06. The van der Waals surface area contributed by atoms with Crippen LogP contribution in [-0.2, 0) is 6.42 Å². The Hall–Kier alpha value is -0.940. The molecule has 0 fully saturated rings. The van der Waals surface area contributed by atoms with Crippen molar-refractivity contribution in [3.8, 4) is 11.4 Å². The van der Waals surface area contributed by atoms with Crippen molar-refractivity contribution in [3.63, 3.8) is 0 Å². The Kier molecular flexibility index (Phi) is 5.76. The molecule has 1 aromatic heterocycles. The van der Waals surface area contributed by atoms with Crippen LogP contribution >= 0.6 is 31.9 Å². The monoisotopic (exact) mass is 411 g/mol. The molecule has 0 aliphatic carbocycles. The number of halogens is 2. The van der Waals surface area contributed by atoms with Crippen LogP contribution in [0.5, 0.6) is 0 Å². The highest BCUT2D eigenvalue weighted by Gasteiger charge is 2.15. The van der Waals surface area contributed by atoms with Crippen LogP contribution < -0.4 is 5.32 Å². The summed E-state index contributed by atoms with van der Waals surface area (Å²) in [6, 6.07) is 8.03. The Balaban J connectivity index is 2.56. The third-order valence-corrected chi connectivity index (χ3v) is 4.51. The fraction of sp³-hybridized carbons (Fsp3) is 0.375. The zero-order valence-electron chi connectivity index (χ0n) is 12.5. The molecule has 1 N–H and O–H groups in total. The minimum atomic E-state index is 0.540. The van der Waals surface area contributed by atoms with Gasteiger partial charge in [0.1, 0.15) is 5.82 Å². The molecule has 0 spiro atoms. The minimum absolute atomic E-state index is 0.540. The second-order valence-electron chi connectivity index (χ2n) is 5.26. The number of rotatable bonds is 5. The lowest BCUT2D eigenvalue weighted by Gasteiger charge is -2.14. The van der Waals surface area contributed by atoms with Crippen molar-refractivity contribution in [1.82, 2.24) is 9.97 Å². The van der Waals surface area contributed by atoms with E-state index in [0.717, 1.165) is 44.8 Å². The second kappa shape index (κ2) is 7.36. The van der Waals surface area contributed by atoms with Crippen LogP contribution in [0.1, 0.15) is 26.5 Å². The largest absolute Gasteiger partial charge is 0.369 e. The van der Waals surface area contributed by atoms with E-state index in [2.05, 4.69) is 62.9 Å². The van der Waals surface area contributed by atoms with Gasteiger partial charge in [0, 0.05) is 16.6 Å². The summed E-state index contributed by atoms with van der Waals surface area (Å²) in [4.78, 5) is 9.42. The lowest BCUT2D eigenvalue weighted by Crippen LogP contribution is -2.08. The van der Waals surface area contributed by atoms with Crippen LogP contribution in [0.4, 0.5) is 5.82 Å². The summed E-state index contributed by atoms with van der Waals surface area (Å²) in [6.07, 6.45) is 0.916. The Bertz CT molecular complexity index is 627. The molecule has 0 atom stereocenters. The number of benzene rings is 1. The number of anilines is 1. The van der Waals surface area contributed by atoms with Crippen LogP contribution in [-0.4, -0.2) is 16.5 Å². The molecule has 1 aromatic carbocycles. The zero-order valence-corrected chi connectivity index (χ0v) is 15.6. The summed E-state index contributed by atoms with van der Waals surface area (Å²) in [5, 5.41) is 3.31. The highest BCUT2D eigenvalue weighted by molar-refractivity contribution is 9.11. The molecule has 0 amide bonds. The SMILES string of the molecule is CCNc1nc(-c2ccccc2Br)nc(CC(C)C)c1Br. The molecule has 0 bridgehead atoms. The average Bonchev–Trinajstić information content (AvgIpc) is 2.43. The van der Waals surface area contributed by atoms with Gasteiger partial charge in [-0.3, -0.25) is 0 Å². The molecule has 0 aliphatic rings. The van der Waals surface area contributed by atoms with E-state index in [-0.39, 0.29) is 0 Å². The molecule has 2 aromatic rings. The maximum atomic E-state index is 4.76. The van der Waals surface area contributed by atoms with Crippen molar-refractivity contribution < 1.29 is 0 Å². The first kappa shape index (κ1) is 16.4. The predicted molar refractivity (Wildman–Crippen MR) is 95.6 cm³/mol. The molecule has 0 saturated carbocycles. The van der Waals surface area contributed by atoms with E-state index in [0.29, 0.717) is 5.92 Å². The van der Waals surface area contributed by atoms with Gasteiger partial charge in [-0.25, -0.2) is 9.97 Å². The number of nitrogens with zero attached hydrogens (tertiary/aromatic N) is 2. The van der Waals surface area contributed by atoms with E-state index >= 15 is 0 Å². The van der Waals surface area contributed by atoms with Crippen molar-refractivity contribution >= 4 is 37.7 Å². The van der Waals surface area contributed by atoms with E-state index in [1.54, 1.807) is 0 Å². The standard InChI is InChI=1S/C16H19Br2N3/c1-4-19-16-14(18)13(9-10(2)3)20-15(21-16)11-7-5-6-8-12(11)17/h5-8,10H,4,9H2,1-3H3,(H,19,20,21). The Morgan fingerprint density at radius 1 is 1.14 bits per heavy atom. The number of aromatic nitrogens is 2. The highest BCUT2D eigenvalue weighted by Crippen LogP contribution is 2.31. The first-order valence-electron chi connectivity index (χ1n) is 7.08. The number of hydrogen-bond acceptors (Lipinski definition) is 3. The van der Waals surface area contributed by atoms with Gasteiger partial charge in [-0.15, -0.1) is 0 Å². The van der Waals surface area contributed by atoms with Crippen molar-refractivity contribution in [1.29, 1.82) is 0 Å². The summed E-state index contributed by atoms with van der Waals surface area (Å²) in [6.45, 7) is 7.28. The summed E-state index contributed by atoms with van der Waals surface area (Å²) < 4.78 is 1.97. The molecule has 5 heteroatoms. The Morgan fingerprint density at radius 3 is 2.48 bits per heavy atom. The molecule has 0 saturated heterocycles.